The number of hydrogen-bond acceptors (Lipinski definition) is 6. The van der Waals surface area contributed by atoms with Crippen molar-refractivity contribution in [3.8, 4) is 22.6 Å². The van der Waals surface area contributed by atoms with Gasteiger partial charge in [0.05, 0.1) is 24.2 Å². The van der Waals surface area contributed by atoms with Crippen LogP contribution in [0.2, 0.25) is 0 Å². The number of fused-ring (bicyclic) bond motifs is 1. The minimum atomic E-state index is -0.983. The lowest BCUT2D eigenvalue weighted by Gasteiger charge is -2.14. The van der Waals surface area contributed by atoms with Crippen LogP contribution in [0.3, 0.4) is 0 Å². The molecule has 1 amide bonds. The molecular formula is C30H26N2O5S2. The fraction of sp³-hybridized carbons (Fsp3) is 0.167. The summed E-state index contributed by atoms with van der Waals surface area (Å²) in [7, 11) is 1.65. The number of amides is 1. The van der Waals surface area contributed by atoms with Gasteiger partial charge in [-0.3, -0.25) is 9.69 Å². The van der Waals surface area contributed by atoms with E-state index in [1.54, 1.807) is 24.1 Å². The van der Waals surface area contributed by atoms with Crippen molar-refractivity contribution in [1.29, 1.82) is 0 Å². The lowest BCUT2D eigenvalue weighted by atomic mass is 10.00. The molecule has 1 aromatic heterocycles. The molecule has 0 atom stereocenters. The average Bonchev–Trinajstić information content (AvgIpc) is 3.43. The van der Waals surface area contributed by atoms with E-state index in [9.17, 15) is 9.59 Å². The molecule has 39 heavy (non-hydrogen) atoms. The van der Waals surface area contributed by atoms with Gasteiger partial charge in [0.1, 0.15) is 15.8 Å². The minimum absolute atomic E-state index is 0.127. The first-order chi connectivity index (χ1) is 18.8. The molecule has 1 aliphatic heterocycles. The van der Waals surface area contributed by atoms with E-state index >= 15 is 0 Å². The van der Waals surface area contributed by atoms with Crippen LogP contribution < -0.4 is 9.47 Å². The van der Waals surface area contributed by atoms with Crippen LogP contribution in [0, 0.1) is 6.92 Å². The molecule has 0 saturated carbocycles. The van der Waals surface area contributed by atoms with E-state index < -0.39 is 5.97 Å². The number of carbonyl (C=O) groups excluding carboxylic acids is 1. The van der Waals surface area contributed by atoms with E-state index in [1.165, 1.54) is 23.9 Å². The largest absolute Gasteiger partial charge is 0.496 e. The van der Waals surface area contributed by atoms with Gasteiger partial charge in [-0.25, -0.2) is 4.79 Å². The molecule has 0 radical (unpaired) electrons. The molecule has 198 valence electrons. The van der Waals surface area contributed by atoms with Crippen LogP contribution in [0.25, 0.3) is 28.1 Å². The number of benzene rings is 3. The summed E-state index contributed by atoms with van der Waals surface area (Å²) in [5, 5.41) is 10.1. The highest BCUT2D eigenvalue weighted by Gasteiger charge is 2.31. The second-order valence-corrected chi connectivity index (χ2v) is 10.8. The Hall–Kier alpha value is -4.08. The number of ether oxygens (including phenoxy) is 2. The third-order valence-electron chi connectivity index (χ3n) is 6.36. The average molecular weight is 559 g/mol. The fourth-order valence-electron chi connectivity index (χ4n) is 4.44. The number of carboxylic acids is 1. The zero-order chi connectivity index (χ0) is 27.5. The predicted octanol–water partition coefficient (Wildman–Crippen LogP) is 6.52. The highest BCUT2D eigenvalue weighted by atomic mass is 32.2. The predicted molar refractivity (Wildman–Crippen MR) is 158 cm³/mol. The summed E-state index contributed by atoms with van der Waals surface area (Å²) in [6.07, 6.45) is 2.44. The Bertz CT molecular complexity index is 1610. The van der Waals surface area contributed by atoms with Gasteiger partial charge in [0, 0.05) is 28.7 Å². The number of nitrogens with one attached hydrogen (secondary N) is 1. The van der Waals surface area contributed by atoms with Crippen molar-refractivity contribution in [1.82, 2.24) is 9.88 Å². The maximum atomic E-state index is 13.1. The number of nitrogens with zero attached hydrogens (tertiary/aromatic N) is 1. The summed E-state index contributed by atoms with van der Waals surface area (Å²) in [4.78, 5) is 29.6. The van der Waals surface area contributed by atoms with Crippen LogP contribution in [0.5, 0.6) is 11.5 Å². The number of thioether (sulfide) groups is 1. The molecule has 4 aromatic rings. The fourth-order valence-corrected chi connectivity index (χ4v) is 5.75. The molecule has 0 bridgehead atoms. The number of aryl methyl sites for hydroxylation is 1. The van der Waals surface area contributed by atoms with Crippen LogP contribution in [0.15, 0.2) is 71.6 Å². The van der Waals surface area contributed by atoms with Gasteiger partial charge >= 0.3 is 5.97 Å². The van der Waals surface area contributed by atoms with Crippen molar-refractivity contribution in [2.45, 2.75) is 13.3 Å². The zero-order valence-corrected chi connectivity index (χ0v) is 23.0. The van der Waals surface area contributed by atoms with Crippen molar-refractivity contribution in [3.63, 3.8) is 0 Å². The maximum Gasteiger partial charge on any atom is 0.335 e. The van der Waals surface area contributed by atoms with Gasteiger partial charge in [0.2, 0.25) is 0 Å². The number of thiocarbonyl (C=S) groups is 1. The normalized spacial score (nSPS) is 14.4. The topological polar surface area (TPSA) is 91.9 Å². The Morgan fingerprint density at radius 3 is 2.64 bits per heavy atom. The van der Waals surface area contributed by atoms with Gasteiger partial charge in [-0.05, 0) is 85.1 Å². The highest BCUT2D eigenvalue weighted by Crippen LogP contribution is 2.36. The van der Waals surface area contributed by atoms with Gasteiger partial charge in [-0.15, -0.1) is 0 Å². The molecule has 2 heterocycles. The van der Waals surface area contributed by atoms with Crippen molar-refractivity contribution in [3.05, 3.63) is 88.5 Å². The third-order valence-corrected chi connectivity index (χ3v) is 7.74. The van der Waals surface area contributed by atoms with E-state index in [0.717, 1.165) is 39.0 Å². The Morgan fingerprint density at radius 1 is 1.10 bits per heavy atom. The van der Waals surface area contributed by atoms with E-state index in [4.69, 9.17) is 26.8 Å². The summed E-state index contributed by atoms with van der Waals surface area (Å²) >= 11 is 6.78. The quantitative estimate of drug-likeness (QED) is 0.137. The number of rotatable bonds is 9. The smallest absolute Gasteiger partial charge is 0.335 e. The molecule has 5 rings (SSSR count). The first kappa shape index (κ1) is 26.5. The number of aromatic nitrogens is 1. The third kappa shape index (κ3) is 5.84. The monoisotopic (exact) mass is 558 g/mol. The number of aromatic amines is 1. The number of methoxy groups -OCH3 is 1. The molecule has 0 unspecified atom stereocenters. The molecule has 7 nitrogen and oxygen atoms in total. The second-order valence-electron chi connectivity index (χ2n) is 9.08. The molecule has 0 spiro atoms. The van der Waals surface area contributed by atoms with Gasteiger partial charge in [-0.2, -0.15) is 0 Å². The summed E-state index contributed by atoms with van der Waals surface area (Å²) in [6.45, 7) is 2.83. The summed E-state index contributed by atoms with van der Waals surface area (Å²) in [6, 6.07) is 20.4. The maximum absolute atomic E-state index is 13.1. The molecule has 2 N–H and O–H groups in total. The second kappa shape index (κ2) is 11.3. The van der Waals surface area contributed by atoms with Crippen LogP contribution in [0.4, 0.5) is 0 Å². The molecule has 1 aliphatic rings. The summed E-state index contributed by atoms with van der Waals surface area (Å²) in [5.41, 5.74) is 5.23. The van der Waals surface area contributed by atoms with Crippen LogP contribution in [-0.2, 0) is 4.79 Å². The number of aromatic carboxylic acids is 1. The highest BCUT2D eigenvalue weighted by molar-refractivity contribution is 8.26. The van der Waals surface area contributed by atoms with Crippen molar-refractivity contribution < 1.29 is 24.2 Å². The van der Waals surface area contributed by atoms with Crippen molar-refractivity contribution >= 4 is 57.2 Å². The number of hydrogen-bond donors (Lipinski definition) is 2. The van der Waals surface area contributed by atoms with Crippen LogP contribution >= 0.6 is 24.0 Å². The number of H-pyrrole nitrogens is 1. The Morgan fingerprint density at radius 2 is 1.90 bits per heavy atom. The number of carbonyl (C=O) groups is 2. The van der Waals surface area contributed by atoms with E-state index in [2.05, 4.69) is 29.2 Å². The lowest BCUT2D eigenvalue weighted by Crippen LogP contribution is -2.29. The van der Waals surface area contributed by atoms with E-state index in [-0.39, 0.29) is 11.5 Å². The van der Waals surface area contributed by atoms with E-state index in [0.29, 0.717) is 34.5 Å². The Labute approximate surface area is 235 Å². The van der Waals surface area contributed by atoms with E-state index in [1.807, 2.05) is 31.2 Å². The van der Waals surface area contributed by atoms with Crippen molar-refractivity contribution in [2.75, 3.05) is 20.3 Å². The SMILES string of the molecule is COc1ccc(/C=C2\SC(=S)N(CCCOc3ccc(C(=O)O)cc3)C2=O)cc1-c1ccc2[nH]c(C)cc2c1. The van der Waals surface area contributed by atoms with Crippen LogP contribution in [-0.4, -0.2) is 51.4 Å². The van der Waals surface area contributed by atoms with Gasteiger partial charge in [-0.1, -0.05) is 36.1 Å². The molecule has 1 fully saturated rings. The molecular weight excluding hydrogens is 532 g/mol. The number of carboxylic acid groups (broad SMARTS) is 1. The summed E-state index contributed by atoms with van der Waals surface area (Å²) < 4.78 is 11.8. The molecule has 1 saturated heterocycles. The van der Waals surface area contributed by atoms with Gasteiger partial charge < -0.3 is 19.6 Å². The van der Waals surface area contributed by atoms with Gasteiger partial charge in [0.15, 0.2) is 0 Å². The van der Waals surface area contributed by atoms with Crippen LogP contribution in [0.1, 0.15) is 28.0 Å². The summed E-state index contributed by atoms with van der Waals surface area (Å²) in [5.74, 6) is 0.218. The standard InChI is InChI=1S/C30H26N2O5S2/c1-18-14-22-17-21(7-10-25(22)31-18)24-15-19(4-11-26(24)36-2)16-27-28(33)32(30(38)39-27)12-3-13-37-23-8-5-20(6-9-23)29(34)35/h4-11,14-17,31H,3,12-13H2,1-2H3,(H,34,35)/b27-16-. The first-order valence-electron chi connectivity index (χ1n) is 12.3. The van der Waals surface area contributed by atoms with Gasteiger partial charge in [0.25, 0.3) is 5.91 Å². The first-order valence-corrected chi connectivity index (χ1v) is 13.5. The molecule has 0 aliphatic carbocycles. The Balaban J connectivity index is 1.27. The Kier molecular flexibility index (Phi) is 7.72. The minimum Gasteiger partial charge on any atom is -0.496 e. The lowest BCUT2D eigenvalue weighted by molar-refractivity contribution is -0.122. The molecule has 3 aromatic carbocycles. The van der Waals surface area contributed by atoms with Crippen molar-refractivity contribution in [2.24, 2.45) is 0 Å². The molecule has 9 heteroatoms. The zero-order valence-electron chi connectivity index (χ0n) is 21.4.